The Morgan fingerprint density at radius 2 is 1.78 bits per heavy atom. The fraction of sp³-hybridized carbons (Fsp3) is 0.571. The lowest BCUT2D eigenvalue weighted by Gasteiger charge is -2.34. The van der Waals surface area contributed by atoms with Crippen LogP contribution < -0.4 is 0 Å². The number of aliphatic hydroxyl groups is 1. The second-order valence-corrected chi connectivity index (χ2v) is 5.39. The predicted octanol–water partition coefficient (Wildman–Crippen LogP) is 2.94. The Bertz CT molecular complexity index is 354. The SMILES string of the molecule is CN(CC(F)F)CC(C)(C)C(O)c1ccccc1. The van der Waals surface area contributed by atoms with E-state index in [0.29, 0.717) is 6.54 Å². The van der Waals surface area contributed by atoms with E-state index < -0.39 is 17.9 Å². The van der Waals surface area contributed by atoms with Crippen molar-refractivity contribution in [3.05, 3.63) is 35.9 Å². The maximum Gasteiger partial charge on any atom is 0.251 e. The number of benzene rings is 1. The summed E-state index contributed by atoms with van der Waals surface area (Å²) in [7, 11) is 1.64. The average Bonchev–Trinajstić information content (AvgIpc) is 2.27. The molecule has 1 aromatic rings. The monoisotopic (exact) mass is 257 g/mol. The van der Waals surface area contributed by atoms with E-state index in [4.69, 9.17) is 0 Å². The number of aliphatic hydroxyl groups excluding tert-OH is 1. The van der Waals surface area contributed by atoms with Gasteiger partial charge in [0.15, 0.2) is 0 Å². The molecule has 1 atom stereocenters. The minimum Gasteiger partial charge on any atom is -0.388 e. The topological polar surface area (TPSA) is 23.5 Å². The zero-order chi connectivity index (χ0) is 13.8. The Hall–Kier alpha value is -1.00. The fourth-order valence-corrected chi connectivity index (χ4v) is 2.17. The van der Waals surface area contributed by atoms with Crippen LogP contribution in [0.1, 0.15) is 25.5 Å². The molecule has 18 heavy (non-hydrogen) atoms. The van der Waals surface area contributed by atoms with E-state index in [-0.39, 0.29) is 6.54 Å². The molecule has 0 aromatic heterocycles. The first-order valence-electron chi connectivity index (χ1n) is 6.02. The van der Waals surface area contributed by atoms with Crippen LogP contribution in [0.15, 0.2) is 30.3 Å². The third-order valence-electron chi connectivity index (χ3n) is 2.98. The van der Waals surface area contributed by atoms with Crippen LogP contribution in [-0.4, -0.2) is 36.6 Å². The summed E-state index contributed by atoms with van der Waals surface area (Å²) in [5.74, 6) is 0. The summed E-state index contributed by atoms with van der Waals surface area (Å²) in [6, 6.07) is 9.29. The third kappa shape index (κ3) is 4.35. The maximum atomic E-state index is 12.3. The molecule has 1 rings (SSSR count). The molecule has 1 unspecified atom stereocenters. The van der Waals surface area contributed by atoms with Crippen LogP contribution in [0.3, 0.4) is 0 Å². The van der Waals surface area contributed by atoms with E-state index in [1.807, 2.05) is 44.2 Å². The highest BCUT2D eigenvalue weighted by Gasteiger charge is 2.30. The van der Waals surface area contributed by atoms with E-state index in [2.05, 4.69) is 0 Å². The van der Waals surface area contributed by atoms with Crippen molar-refractivity contribution < 1.29 is 13.9 Å². The molecule has 0 radical (unpaired) electrons. The number of hydrogen-bond acceptors (Lipinski definition) is 2. The zero-order valence-electron chi connectivity index (χ0n) is 11.1. The van der Waals surface area contributed by atoms with Crippen molar-refractivity contribution in [1.82, 2.24) is 4.90 Å². The van der Waals surface area contributed by atoms with Gasteiger partial charge in [-0.05, 0) is 12.6 Å². The second-order valence-electron chi connectivity index (χ2n) is 5.39. The zero-order valence-corrected chi connectivity index (χ0v) is 11.1. The van der Waals surface area contributed by atoms with Gasteiger partial charge in [0, 0.05) is 12.0 Å². The lowest BCUT2D eigenvalue weighted by Crippen LogP contribution is -2.38. The Kier molecular flexibility index (Phi) is 5.23. The van der Waals surface area contributed by atoms with Gasteiger partial charge < -0.3 is 10.0 Å². The number of halogens is 2. The summed E-state index contributed by atoms with van der Waals surface area (Å²) in [5, 5.41) is 10.3. The lowest BCUT2D eigenvalue weighted by atomic mass is 9.82. The van der Waals surface area contributed by atoms with Crippen molar-refractivity contribution in [3.63, 3.8) is 0 Å². The number of alkyl halides is 2. The molecule has 1 aromatic carbocycles. The average molecular weight is 257 g/mol. The van der Waals surface area contributed by atoms with Crippen molar-refractivity contribution in [1.29, 1.82) is 0 Å². The number of nitrogens with zero attached hydrogens (tertiary/aromatic N) is 1. The highest BCUT2D eigenvalue weighted by Crippen LogP contribution is 2.33. The van der Waals surface area contributed by atoms with Crippen LogP contribution in [0, 0.1) is 5.41 Å². The summed E-state index contributed by atoms with van der Waals surface area (Å²) < 4.78 is 24.6. The number of rotatable bonds is 6. The smallest absolute Gasteiger partial charge is 0.251 e. The Morgan fingerprint density at radius 3 is 2.28 bits per heavy atom. The van der Waals surface area contributed by atoms with Crippen LogP contribution in [0.25, 0.3) is 0 Å². The van der Waals surface area contributed by atoms with E-state index in [0.717, 1.165) is 5.56 Å². The van der Waals surface area contributed by atoms with Gasteiger partial charge in [-0.1, -0.05) is 44.2 Å². The summed E-state index contributed by atoms with van der Waals surface area (Å²) in [5.41, 5.74) is 0.332. The summed E-state index contributed by atoms with van der Waals surface area (Å²) in [4.78, 5) is 1.55. The lowest BCUT2D eigenvalue weighted by molar-refractivity contribution is 0.0111. The van der Waals surface area contributed by atoms with Crippen LogP contribution in [0.5, 0.6) is 0 Å². The van der Waals surface area contributed by atoms with Crippen molar-refractivity contribution in [2.45, 2.75) is 26.4 Å². The molecule has 0 aliphatic rings. The highest BCUT2D eigenvalue weighted by molar-refractivity contribution is 5.19. The molecule has 0 saturated carbocycles. The van der Waals surface area contributed by atoms with Gasteiger partial charge in [-0.25, -0.2) is 8.78 Å². The molecular formula is C14H21F2NO. The number of hydrogen-bond donors (Lipinski definition) is 1. The molecule has 0 aliphatic heterocycles. The molecule has 1 N–H and O–H groups in total. The van der Waals surface area contributed by atoms with Gasteiger partial charge in [0.2, 0.25) is 0 Å². The van der Waals surface area contributed by atoms with Crippen molar-refractivity contribution in [2.75, 3.05) is 20.1 Å². The first-order chi connectivity index (χ1) is 8.33. The predicted molar refractivity (Wildman–Crippen MR) is 68.7 cm³/mol. The third-order valence-corrected chi connectivity index (χ3v) is 2.98. The summed E-state index contributed by atoms with van der Waals surface area (Å²) in [6.45, 7) is 3.90. The molecule has 0 aliphatic carbocycles. The summed E-state index contributed by atoms with van der Waals surface area (Å²) >= 11 is 0. The molecule has 0 bridgehead atoms. The fourth-order valence-electron chi connectivity index (χ4n) is 2.17. The van der Waals surface area contributed by atoms with Crippen LogP contribution in [-0.2, 0) is 0 Å². The molecule has 0 amide bonds. The van der Waals surface area contributed by atoms with E-state index >= 15 is 0 Å². The van der Waals surface area contributed by atoms with Gasteiger partial charge in [-0.3, -0.25) is 0 Å². The van der Waals surface area contributed by atoms with Crippen molar-refractivity contribution in [2.24, 2.45) is 5.41 Å². The first kappa shape index (κ1) is 15.1. The van der Waals surface area contributed by atoms with Gasteiger partial charge >= 0.3 is 0 Å². The second kappa shape index (κ2) is 6.25. The van der Waals surface area contributed by atoms with Gasteiger partial charge in [0.1, 0.15) is 0 Å². The molecule has 102 valence electrons. The minimum absolute atomic E-state index is 0.273. The van der Waals surface area contributed by atoms with Crippen molar-refractivity contribution >= 4 is 0 Å². The van der Waals surface area contributed by atoms with Crippen LogP contribution in [0.4, 0.5) is 8.78 Å². The normalized spacial score (nSPS) is 14.2. The van der Waals surface area contributed by atoms with Gasteiger partial charge in [0.05, 0.1) is 12.6 Å². The van der Waals surface area contributed by atoms with Crippen LogP contribution in [0.2, 0.25) is 0 Å². The van der Waals surface area contributed by atoms with Gasteiger partial charge in [-0.15, -0.1) is 0 Å². The van der Waals surface area contributed by atoms with E-state index in [1.54, 1.807) is 11.9 Å². The standard InChI is InChI=1S/C14H21F2NO/c1-14(2,10-17(3)9-12(15)16)13(18)11-7-5-4-6-8-11/h4-8,12-13,18H,9-10H2,1-3H3. The minimum atomic E-state index is -2.35. The highest BCUT2D eigenvalue weighted by atomic mass is 19.3. The largest absolute Gasteiger partial charge is 0.388 e. The van der Waals surface area contributed by atoms with Crippen molar-refractivity contribution in [3.8, 4) is 0 Å². The first-order valence-corrected chi connectivity index (χ1v) is 6.02. The summed E-state index contributed by atoms with van der Waals surface area (Å²) in [6.07, 6.45) is -3.02. The Balaban J connectivity index is 2.68. The Labute approximate surface area is 107 Å². The molecule has 0 saturated heterocycles. The Morgan fingerprint density at radius 1 is 1.22 bits per heavy atom. The van der Waals surface area contributed by atoms with Crippen LogP contribution >= 0.6 is 0 Å². The molecule has 4 heteroatoms. The van der Waals surface area contributed by atoms with E-state index in [1.165, 1.54) is 0 Å². The molecule has 0 spiro atoms. The molecule has 0 fully saturated rings. The van der Waals surface area contributed by atoms with E-state index in [9.17, 15) is 13.9 Å². The molecule has 2 nitrogen and oxygen atoms in total. The quantitative estimate of drug-likeness (QED) is 0.847. The van der Waals surface area contributed by atoms with Gasteiger partial charge in [0.25, 0.3) is 6.43 Å². The maximum absolute atomic E-state index is 12.3. The molecule has 0 heterocycles. The van der Waals surface area contributed by atoms with Gasteiger partial charge in [-0.2, -0.15) is 0 Å². The molecular weight excluding hydrogens is 236 g/mol.